The highest BCUT2D eigenvalue weighted by Crippen LogP contribution is 2.76. The molecular formula is C42H68O13. The predicted octanol–water partition coefficient (Wildman–Crippen LogP) is 2.88. The summed E-state index contributed by atoms with van der Waals surface area (Å²) < 4.78 is 24.4. The van der Waals surface area contributed by atoms with Crippen LogP contribution < -0.4 is 0 Å². The summed E-state index contributed by atoms with van der Waals surface area (Å²) in [6.45, 7) is 15.1. The van der Waals surface area contributed by atoms with Crippen molar-refractivity contribution < 1.29 is 64.6 Å². The molecule has 0 spiro atoms. The summed E-state index contributed by atoms with van der Waals surface area (Å²) in [7, 11) is 0. The third-order valence-electron chi connectivity index (χ3n) is 17.3. The predicted molar refractivity (Wildman–Crippen MR) is 198 cm³/mol. The molecule has 7 aliphatic rings. The smallest absolute Gasteiger partial charge is 0.310 e. The van der Waals surface area contributed by atoms with E-state index < -0.39 is 91.4 Å². The summed E-state index contributed by atoms with van der Waals surface area (Å²) in [6.07, 6.45) is -4.41. The van der Waals surface area contributed by atoms with Crippen molar-refractivity contribution in [2.45, 2.75) is 180 Å². The lowest BCUT2D eigenvalue weighted by Crippen LogP contribution is -2.67. The maximum atomic E-state index is 13.1. The van der Waals surface area contributed by atoms with Crippen molar-refractivity contribution in [3.05, 3.63) is 11.6 Å². The highest BCUT2D eigenvalue weighted by Gasteiger charge is 2.69. The highest BCUT2D eigenvalue weighted by atomic mass is 16.8. The fraction of sp³-hybridized carbons (Fsp3) is 0.929. The quantitative estimate of drug-likeness (QED) is 0.138. The molecule has 13 heteroatoms. The Kier molecular flexibility index (Phi) is 10.8. The van der Waals surface area contributed by atoms with E-state index in [0.29, 0.717) is 18.8 Å². The van der Waals surface area contributed by atoms with E-state index in [0.717, 1.165) is 51.4 Å². The van der Waals surface area contributed by atoms with Crippen LogP contribution in [0.3, 0.4) is 0 Å². The molecule has 2 saturated heterocycles. The minimum Gasteiger partial charge on any atom is -0.481 e. The molecule has 6 fully saturated rings. The van der Waals surface area contributed by atoms with Gasteiger partial charge in [0, 0.05) is 0 Å². The average molecular weight is 781 g/mol. The summed E-state index contributed by atoms with van der Waals surface area (Å²) in [4.78, 5) is 13.1. The SMILES string of the molecule is CC1(C)CC[C@@]2(C(=O)O)CC[C@@]3(C)C(=CC[C@@H]4[C@@]5(C)CC[C@H](O[C@H]6O[C@H](CO)[C@@H](O)[C@H](O)[C@H]6O[C@@H]6O[C@H](CO)[C@@H](O)[C@H](O)[C@H]6O)C(C)(C)[C@@H]5CC[C@@]43C)[C@@H]2C1. The molecule has 8 N–H and O–H groups in total. The van der Waals surface area contributed by atoms with Crippen molar-refractivity contribution in [3.63, 3.8) is 0 Å². The number of aliphatic hydroxyl groups is 7. The number of carboxylic acids is 1. The van der Waals surface area contributed by atoms with E-state index in [1.807, 2.05) is 0 Å². The molecule has 55 heavy (non-hydrogen) atoms. The fourth-order valence-electron chi connectivity index (χ4n) is 13.7. The van der Waals surface area contributed by atoms with Gasteiger partial charge in [0.25, 0.3) is 0 Å². The lowest BCUT2D eigenvalue weighted by atomic mass is 9.33. The van der Waals surface area contributed by atoms with Crippen LogP contribution in [0.25, 0.3) is 0 Å². The first kappa shape index (κ1) is 41.9. The first-order valence-corrected chi connectivity index (χ1v) is 20.8. The normalized spacial score (nSPS) is 53.2. The van der Waals surface area contributed by atoms with Crippen LogP contribution in [0, 0.1) is 50.2 Å². The van der Waals surface area contributed by atoms with E-state index in [4.69, 9.17) is 18.9 Å². The Morgan fingerprint density at radius 1 is 0.727 bits per heavy atom. The summed E-state index contributed by atoms with van der Waals surface area (Å²) >= 11 is 0. The monoisotopic (exact) mass is 780 g/mol. The number of hydrogen-bond acceptors (Lipinski definition) is 12. The molecule has 0 aromatic rings. The largest absolute Gasteiger partial charge is 0.481 e. The third kappa shape index (κ3) is 6.23. The second kappa shape index (κ2) is 14.2. The molecular weight excluding hydrogens is 712 g/mol. The van der Waals surface area contributed by atoms with Crippen LogP contribution in [-0.4, -0.2) is 128 Å². The Bertz CT molecular complexity index is 1480. The van der Waals surface area contributed by atoms with Gasteiger partial charge in [-0.2, -0.15) is 0 Å². The number of carbonyl (C=O) groups is 1. The first-order valence-electron chi connectivity index (χ1n) is 20.8. The van der Waals surface area contributed by atoms with Crippen molar-refractivity contribution in [1.82, 2.24) is 0 Å². The maximum absolute atomic E-state index is 13.1. The molecule has 0 amide bonds. The van der Waals surface area contributed by atoms with E-state index in [1.54, 1.807) is 0 Å². The van der Waals surface area contributed by atoms with Crippen molar-refractivity contribution in [2.24, 2.45) is 50.2 Å². The van der Waals surface area contributed by atoms with E-state index in [9.17, 15) is 45.6 Å². The molecule has 4 saturated carbocycles. The number of allylic oxidation sites excluding steroid dienone is 2. The van der Waals surface area contributed by atoms with Crippen LogP contribution in [0.5, 0.6) is 0 Å². The Morgan fingerprint density at radius 3 is 1.98 bits per heavy atom. The van der Waals surface area contributed by atoms with Crippen molar-refractivity contribution >= 4 is 5.97 Å². The zero-order chi connectivity index (χ0) is 40.3. The minimum absolute atomic E-state index is 0.0240. The van der Waals surface area contributed by atoms with Gasteiger partial charge in [-0.3, -0.25) is 4.79 Å². The van der Waals surface area contributed by atoms with Crippen LogP contribution in [0.15, 0.2) is 11.6 Å². The second-order valence-corrected chi connectivity index (χ2v) is 20.7. The van der Waals surface area contributed by atoms with Crippen LogP contribution in [0.4, 0.5) is 0 Å². The van der Waals surface area contributed by atoms with Crippen molar-refractivity contribution in [3.8, 4) is 0 Å². The zero-order valence-corrected chi connectivity index (χ0v) is 33.8. The van der Waals surface area contributed by atoms with E-state index >= 15 is 0 Å². The third-order valence-corrected chi connectivity index (χ3v) is 17.3. The van der Waals surface area contributed by atoms with Gasteiger partial charge in [-0.05, 0) is 109 Å². The molecule has 13 nitrogen and oxygen atoms in total. The molecule has 2 aliphatic heterocycles. The molecule has 314 valence electrons. The molecule has 2 heterocycles. The summed E-state index contributed by atoms with van der Waals surface area (Å²) in [5.74, 6) is 0.0181. The van der Waals surface area contributed by atoms with Gasteiger partial charge in [-0.15, -0.1) is 0 Å². The molecule has 0 bridgehead atoms. The number of fused-ring (bicyclic) bond motifs is 7. The van der Waals surface area contributed by atoms with E-state index in [-0.39, 0.29) is 39.6 Å². The molecule has 0 unspecified atom stereocenters. The van der Waals surface area contributed by atoms with Gasteiger partial charge in [0.2, 0.25) is 0 Å². The van der Waals surface area contributed by atoms with Crippen molar-refractivity contribution in [1.29, 1.82) is 0 Å². The van der Waals surface area contributed by atoms with Crippen molar-refractivity contribution in [2.75, 3.05) is 13.2 Å². The summed E-state index contributed by atoms with van der Waals surface area (Å²) in [6, 6.07) is 0. The molecule has 0 aromatic carbocycles. The number of carboxylic acid groups (broad SMARTS) is 1. The van der Waals surface area contributed by atoms with Gasteiger partial charge in [-0.25, -0.2) is 0 Å². The maximum Gasteiger partial charge on any atom is 0.310 e. The number of rotatable bonds is 7. The molecule has 18 atom stereocenters. The van der Waals surface area contributed by atoms with Crippen LogP contribution >= 0.6 is 0 Å². The van der Waals surface area contributed by atoms with E-state index in [1.165, 1.54) is 5.57 Å². The van der Waals surface area contributed by atoms with Crippen LogP contribution in [0.2, 0.25) is 0 Å². The highest BCUT2D eigenvalue weighted by molar-refractivity contribution is 5.76. The number of ether oxygens (including phenoxy) is 4. The molecule has 0 aromatic heterocycles. The Morgan fingerprint density at radius 2 is 1.35 bits per heavy atom. The van der Waals surface area contributed by atoms with Gasteiger partial charge in [-0.1, -0.05) is 60.1 Å². The second-order valence-electron chi connectivity index (χ2n) is 20.7. The van der Waals surface area contributed by atoms with E-state index in [2.05, 4.69) is 54.5 Å². The van der Waals surface area contributed by atoms with Gasteiger partial charge in [0.15, 0.2) is 12.6 Å². The lowest BCUT2D eigenvalue weighted by molar-refractivity contribution is -0.378. The minimum atomic E-state index is -1.75. The Balaban J connectivity index is 1.15. The number of aliphatic carboxylic acids is 1. The van der Waals surface area contributed by atoms with Crippen LogP contribution in [-0.2, 0) is 23.7 Å². The lowest BCUT2D eigenvalue weighted by Gasteiger charge is -2.71. The topological polar surface area (TPSA) is 216 Å². The average Bonchev–Trinajstić information content (AvgIpc) is 3.12. The standard InChI is InChI=1S/C42H68O13/c1-37(2)14-16-42(36(50)51)17-15-40(6)21(22(42)18-37)8-9-26-39(5)12-11-27(38(3,4)25(39)10-13-41(26,40)7)54-35-33(31(48)29(46)24(20-44)53-35)55-34-32(49)30(47)28(45)23(19-43)52-34/h8,22-35,43-49H,9-20H2,1-7H3,(H,50,51)/t22-,23+,24+,25-,26+,27-,28+,29+,30-,31-,32+,33+,34-,35+,39-,40-,41-,42+/m0/s1. The van der Waals surface area contributed by atoms with Crippen LogP contribution in [0.1, 0.15) is 113 Å². The Labute approximate surface area is 325 Å². The summed E-state index contributed by atoms with van der Waals surface area (Å²) in [5, 5.41) is 84.1. The number of hydrogen-bond donors (Lipinski definition) is 8. The molecule has 7 rings (SSSR count). The Hall–Kier alpha value is -1.23. The van der Waals surface area contributed by atoms with Gasteiger partial charge in [0.1, 0.15) is 48.8 Å². The fourth-order valence-corrected chi connectivity index (χ4v) is 13.7. The number of aliphatic hydroxyl groups excluding tert-OH is 7. The summed E-state index contributed by atoms with van der Waals surface area (Å²) in [5.41, 5.74) is 0.210. The van der Waals surface area contributed by atoms with Gasteiger partial charge in [0.05, 0.1) is 24.7 Å². The van der Waals surface area contributed by atoms with Gasteiger partial charge < -0.3 is 59.8 Å². The molecule has 5 aliphatic carbocycles. The first-order chi connectivity index (χ1) is 25.6. The van der Waals surface area contributed by atoms with Gasteiger partial charge >= 0.3 is 5.97 Å². The molecule has 0 radical (unpaired) electrons. The zero-order valence-electron chi connectivity index (χ0n) is 33.8.